The number of pyridine rings is 1. The van der Waals surface area contributed by atoms with Gasteiger partial charge in [0.15, 0.2) is 11.5 Å². The van der Waals surface area contributed by atoms with Crippen molar-refractivity contribution in [1.29, 1.82) is 0 Å². The van der Waals surface area contributed by atoms with Crippen molar-refractivity contribution in [1.82, 2.24) is 19.9 Å². The van der Waals surface area contributed by atoms with Crippen LogP contribution in [0.2, 0.25) is 5.02 Å². The zero-order valence-electron chi connectivity index (χ0n) is 21.4. The van der Waals surface area contributed by atoms with Gasteiger partial charge in [-0.25, -0.2) is 18.4 Å². The lowest BCUT2D eigenvalue weighted by Crippen LogP contribution is -2.19. The van der Waals surface area contributed by atoms with Crippen molar-refractivity contribution in [2.24, 2.45) is 0 Å². The monoisotopic (exact) mass is 557 g/mol. The molecule has 10 nitrogen and oxygen atoms in total. The van der Waals surface area contributed by atoms with E-state index in [1.807, 2.05) is 31.1 Å². The van der Waals surface area contributed by atoms with Gasteiger partial charge in [0, 0.05) is 17.8 Å². The lowest BCUT2D eigenvalue weighted by atomic mass is 10.2. The summed E-state index contributed by atoms with van der Waals surface area (Å²) in [5.41, 5.74) is 2.08. The van der Waals surface area contributed by atoms with Crippen LogP contribution in [0.25, 0.3) is 11.0 Å². The molecule has 200 valence electrons. The van der Waals surface area contributed by atoms with Gasteiger partial charge in [-0.3, -0.25) is 9.71 Å². The minimum absolute atomic E-state index is 0.000324. The molecule has 0 saturated carbocycles. The van der Waals surface area contributed by atoms with Gasteiger partial charge < -0.3 is 19.1 Å². The molecular weight excluding hydrogens is 530 g/mol. The first-order valence-electron chi connectivity index (χ1n) is 11.6. The Morgan fingerprint density at radius 2 is 1.84 bits per heavy atom. The molecule has 2 aromatic carbocycles. The summed E-state index contributed by atoms with van der Waals surface area (Å²) in [6, 6.07) is 11.7. The number of rotatable bonds is 11. The second-order valence-electron chi connectivity index (χ2n) is 8.64. The average molecular weight is 558 g/mol. The van der Waals surface area contributed by atoms with Crippen molar-refractivity contribution < 1.29 is 22.6 Å². The van der Waals surface area contributed by atoms with Crippen molar-refractivity contribution in [3.05, 3.63) is 71.0 Å². The molecule has 12 heteroatoms. The second-order valence-corrected chi connectivity index (χ2v) is 10.7. The number of fused-ring (bicyclic) bond motifs is 1. The summed E-state index contributed by atoms with van der Waals surface area (Å²) < 4.78 is 46.3. The normalized spacial score (nSPS) is 11.5. The quantitative estimate of drug-likeness (QED) is 0.288. The third-order valence-electron chi connectivity index (χ3n) is 5.57. The van der Waals surface area contributed by atoms with Gasteiger partial charge in [0.25, 0.3) is 15.9 Å². The van der Waals surface area contributed by atoms with E-state index in [1.165, 1.54) is 12.3 Å². The van der Waals surface area contributed by atoms with Gasteiger partial charge in [0.1, 0.15) is 18.7 Å². The third-order valence-corrected chi connectivity index (χ3v) is 7.47. The number of halogens is 1. The predicted octanol–water partition coefficient (Wildman–Crippen LogP) is 4.32. The summed E-state index contributed by atoms with van der Waals surface area (Å²) in [6.07, 6.45) is 3.07. The van der Waals surface area contributed by atoms with Crippen LogP contribution in [-0.2, 0) is 16.6 Å². The number of hydrogen-bond acceptors (Lipinski definition) is 9. The van der Waals surface area contributed by atoms with Crippen molar-refractivity contribution >= 4 is 38.5 Å². The Kier molecular flexibility index (Phi) is 8.50. The first kappa shape index (κ1) is 27.4. The molecule has 1 N–H and O–H groups in total. The molecule has 2 heterocycles. The van der Waals surface area contributed by atoms with Gasteiger partial charge in [-0.1, -0.05) is 23.7 Å². The van der Waals surface area contributed by atoms with E-state index in [1.54, 1.807) is 44.5 Å². The Labute approximate surface area is 226 Å². The summed E-state index contributed by atoms with van der Waals surface area (Å²) in [4.78, 5) is 15.0. The summed E-state index contributed by atoms with van der Waals surface area (Å²) in [5.74, 6) is 1.11. The molecule has 0 bridgehead atoms. The van der Waals surface area contributed by atoms with Gasteiger partial charge in [0.2, 0.25) is 5.82 Å². The van der Waals surface area contributed by atoms with Gasteiger partial charge in [-0.15, -0.1) is 0 Å². The first-order chi connectivity index (χ1) is 18.2. The van der Waals surface area contributed by atoms with Crippen LogP contribution in [0.4, 0.5) is 5.82 Å². The molecule has 2 aromatic heterocycles. The van der Waals surface area contributed by atoms with E-state index in [0.717, 1.165) is 12.1 Å². The Morgan fingerprint density at radius 1 is 1.03 bits per heavy atom. The third kappa shape index (κ3) is 6.42. The van der Waals surface area contributed by atoms with E-state index in [0.29, 0.717) is 39.7 Å². The highest BCUT2D eigenvalue weighted by molar-refractivity contribution is 7.92. The summed E-state index contributed by atoms with van der Waals surface area (Å²) >= 11 is 6.16. The van der Waals surface area contributed by atoms with Crippen LogP contribution in [0, 0.1) is 6.92 Å². The van der Waals surface area contributed by atoms with E-state index < -0.39 is 10.0 Å². The number of nitrogens with zero attached hydrogens (tertiary/aromatic N) is 4. The maximum atomic E-state index is 13.3. The van der Waals surface area contributed by atoms with Crippen LogP contribution < -0.4 is 18.9 Å². The molecule has 0 unspecified atom stereocenters. The topological polar surface area (TPSA) is 116 Å². The lowest BCUT2D eigenvalue weighted by molar-refractivity contribution is 0.249. The minimum Gasteiger partial charge on any atom is -0.493 e. The minimum atomic E-state index is -4.05. The van der Waals surface area contributed by atoms with Crippen molar-refractivity contribution in [3.63, 3.8) is 0 Å². The number of likely N-dealkylation sites (N-methyl/N-ethyl adjacent to an activating group) is 1. The molecule has 0 spiro atoms. The number of hydrogen-bond donors (Lipinski definition) is 1. The molecule has 0 amide bonds. The van der Waals surface area contributed by atoms with Crippen LogP contribution in [0.1, 0.15) is 11.1 Å². The van der Waals surface area contributed by atoms with E-state index in [4.69, 9.17) is 25.8 Å². The van der Waals surface area contributed by atoms with Crippen LogP contribution in [-0.4, -0.2) is 62.6 Å². The summed E-state index contributed by atoms with van der Waals surface area (Å²) in [7, 11) is 1.45. The fraction of sp³-hybridized carbons (Fsp3) is 0.269. The highest BCUT2D eigenvalue weighted by Gasteiger charge is 2.22. The fourth-order valence-electron chi connectivity index (χ4n) is 3.53. The molecule has 0 saturated heterocycles. The van der Waals surface area contributed by atoms with Crippen LogP contribution in [0.5, 0.6) is 17.4 Å². The van der Waals surface area contributed by atoms with Gasteiger partial charge in [-0.05, 0) is 62.5 Å². The molecule has 0 aliphatic carbocycles. The van der Waals surface area contributed by atoms with Crippen molar-refractivity contribution in [2.45, 2.75) is 18.4 Å². The zero-order chi connectivity index (χ0) is 27.3. The van der Waals surface area contributed by atoms with Crippen LogP contribution in [0.15, 0.2) is 59.8 Å². The van der Waals surface area contributed by atoms with Crippen molar-refractivity contribution in [3.8, 4) is 17.4 Å². The molecule has 0 aliphatic heterocycles. The molecule has 0 radical (unpaired) electrons. The van der Waals surface area contributed by atoms with Gasteiger partial charge in [0.05, 0.1) is 23.7 Å². The van der Waals surface area contributed by atoms with Gasteiger partial charge >= 0.3 is 0 Å². The fourth-order valence-corrected chi connectivity index (χ4v) is 5.03. The van der Waals surface area contributed by atoms with Gasteiger partial charge in [-0.2, -0.15) is 0 Å². The number of aromatic nitrogens is 3. The number of methoxy groups -OCH3 is 1. The van der Waals surface area contributed by atoms with E-state index >= 15 is 0 Å². The Balaban J connectivity index is 1.63. The standard InChI is InChI=1S/C26H28ClN5O5S/c1-17-19(27)6-5-7-24(17)38(33,34)31-25-26(30-21-15-28-11-10-20(21)29-25)37-16-18-8-9-22(35-4)23(14-18)36-13-12-32(2)3/h5-11,14-15H,12-13,16H2,1-4H3,(H,29,31). The van der Waals surface area contributed by atoms with E-state index in [-0.39, 0.29) is 23.2 Å². The molecule has 0 fully saturated rings. The SMILES string of the molecule is COc1ccc(COc2nc3cnccc3nc2NS(=O)(=O)c2cccc(Cl)c2C)cc1OCCN(C)C. The largest absolute Gasteiger partial charge is 0.493 e. The molecule has 0 atom stereocenters. The Hall–Kier alpha value is -3.67. The molecule has 0 aliphatic rings. The molecular formula is C26H28ClN5O5S. The summed E-state index contributed by atoms with van der Waals surface area (Å²) in [6.45, 7) is 2.92. The number of ether oxygens (including phenoxy) is 3. The molecule has 4 rings (SSSR count). The van der Waals surface area contributed by atoms with E-state index in [9.17, 15) is 8.42 Å². The second kappa shape index (κ2) is 11.8. The zero-order valence-corrected chi connectivity index (χ0v) is 23.0. The summed E-state index contributed by atoms with van der Waals surface area (Å²) in [5, 5.41) is 0.336. The average Bonchev–Trinajstić information content (AvgIpc) is 2.88. The number of sulfonamides is 1. The lowest BCUT2D eigenvalue weighted by Gasteiger charge is -2.16. The van der Waals surface area contributed by atoms with Crippen LogP contribution in [0.3, 0.4) is 0 Å². The number of anilines is 1. The number of benzene rings is 2. The number of nitrogens with one attached hydrogen (secondary N) is 1. The van der Waals surface area contributed by atoms with Crippen molar-refractivity contribution in [2.75, 3.05) is 39.1 Å². The molecule has 38 heavy (non-hydrogen) atoms. The maximum Gasteiger partial charge on any atom is 0.263 e. The predicted molar refractivity (Wildman–Crippen MR) is 146 cm³/mol. The smallest absolute Gasteiger partial charge is 0.263 e. The Morgan fingerprint density at radius 3 is 2.61 bits per heavy atom. The first-order valence-corrected chi connectivity index (χ1v) is 13.5. The Bertz CT molecular complexity index is 1550. The highest BCUT2D eigenvalue weighted by Crippen LogP contribution is 2.31. The van der Waals surface area contributed by atoms with Crippen LogP contribution >= 0.6 is 11.6 Å². The van der Waals surface area contributed by atoms with E-state index in [2.05, 4.69) is 19.7 Å². The maximum absolute atomic E-state index is 13.3. The molecule has 4 aromatic rings. The highest BCUT2D eigenvalue weighted by atomic mass is 35.5.